The highest BCUT2D eigenvalue weighted by Crippen LogP contribution is 2.15. The van der Waals surface area contributed by atoms with E-state index in [1.807, 2.05) is 31.2 Å². The Kier molecular flexibility index (Phi) is 4.38. The van der Waals surface area contributed by atoms with Crippen molar-refractivity contribution in [2.24, 2.45) is 12.1 Å². The third kappa shape index (κ3) is 3.03. The lowest BCUT2D eigenvalue weighted by Crippen LogP contribution is -2.29. The molecule has 0 saturated heterocycles. The van der Waals surface area contributed by atoms with E-state index < -0.39 is 11.2 Å². The van der Waals surface area contributed by atoms with Gasteiger partial charge in [-0.25, -0.2) is 10.2 Å². The molecule has 0 bridgehead atoms. The first-order valence-electron chi connectivity index (χ1n) is 7.67. The fraction of sp³-hybridized carbons (Fsp3) is 0.250. The third-order valence-electron chi connectivity index (χ3n) is 3.82. The molecule has 0 aliphatic heterocycles. The fourth-order valence-electron chi connectivity index (χ4n) is 2.48. The first-order valence-corrected chi connectivity index (χ1v) is 7.67. The largest absolute Gasteiger partial charge is 0.497 e. The summed E-state index contributed by atoms with van der Waals surface area (Å²) in [6, 6.07) is 7.39. The molecule has 0 atom stereocenters. The summed E-state index contributed by atoms with van der Waals surface area (Å²) in [5.41, 5.74) is 3.35. The molecule has 2 aromatic heterocycles. The zero-order chi connectivity index (χ0) is 18.0. The molecule has 9 heteroatoms. The van der Waals surface area contributed by atoms with Gasteiger partial charge in [-0.3, -0.25) is 14.3 Å². The number of methoxy groups -OCH3 is 1. The normalized spacial score (nSPS) is 11.3. The lowest BCUT2D eigenvalue weighted by Gasteiger charge is -2.04. The summed E-state index contributed by atoms with van der Waals surface area (Å²) in [6.45, 7) is 2.38. The molecule has 3 aromatic rings. The lowest BCUT2D eigenvalue weighted by molar-refractivity contribution is 0.415. The van der Waals surface area contributed by atoms with Crippen LogP contribution in [-0.2, 0) is 13.6 Å². The average molecular weight is 342 g/mol. The number of anilines is 1. The first kappa shape index (κ1) is 16.5. The summed E-state index contributed by atoms with van der Waals surface area (Å²) in [5, 5.41) is 4.15. The second kappa shape index (κ2) is 6.63. The van der Waals surface area contributed by atoms with Crippen LogP contribution in [0.4, 0.5) is 5.95 Å². The van der Waals surface area contributed by atoms with E-state index in [1.54, 1.807) is 24.9 Å². The Morgan fingerprint density at radius 1 is 1.32 bits per heavy atom. The van der Waals surface area contributed by atoms with Crippen molar-refractivity contribution in [2.75, 3.05) is 12.5 Å². The van der Waals surface area contributed by atoms with E-state index in [9.17, 15) is 9.59 Å². The molecular weight excluding hydrogens is 324 g/mol. The summed E-state index contributed by atoms with van der Waals surface area (Å²) in [7, 11) is 3.16. The minimum atomic E-state index is -0.508. The van der Waals surface area contributed by atoms with E-state index in [4.69, 9.17) is 4.74 Å². The monoisotopic (exact) mass is 342 g/mol. The quantitative estimate of drug-likeness (QED) is 0.529. The van der Waals surface area contributed by atoms with Crippen LogP contribution in [0.1, 0.15) is 12.5 Å². The number of fused-ring (bicyclic) bond motifs is 1. The van der Waals surface area contributed by atoms with Crippen LogP contribution in [-0.4, -0.2) is 32.4 Å². The van der Waals surface area contributed by atoms with Crippen LogP contribution in [0.2, 0.25) is 0 Å². The smallest absolute Gasteiger partial charge is 0.329 e. The van der Waals surface area contributed by atoms with E-state index >= 15 is 0 Å². The number of H-pyrrole nitrogens is 1. The Morgan fingerprint density at radius 2 is 2.04 bits per heavy atom. The fourth-order valence-corrected chi connectivity index (χ4v) is 2.48. The van der Waals surface area contributed by atoms with Gasteiger partial charge in [0, 0.05) is 13.6 Å². The number of hydrogen-bond donors (Lipinski definition) is 2. The van der Waals surface area contributed by atoms with Crippen molar-refractivity contribution in [3.63, 3.8) is 0 Å². The van der Waals surface area contributed by atoms with Crippen molar-refractivity contribution < 1.29 is 4.74 Å². The Hall–Kier alpha value is -3.36. The molecule has 9 nitrogen and oxygen atoms in total. The summed E-state index contributed by atoms with van der Waals surface area (Å²) in [5.74, 6) is 1.15. The lowest BCUT2D eigenvalue weighted by atomic mass is 10.2. The summed E-state index contributed by atoms with van der Waals surface area (Å²) in [6.07, 6.45) is 1.63. The van der Waals surface area contributed by atoms with Gasteiger partial charge in [-0.2, -0.15) is 10.1 Å². The number of benzene rings is 1. The second-order valence-corrected chi connectivity index (χ2v) is 5.31. The van der Waals surface area contributed by atoms with E-state index in [0.29, 0.717) is 23.7 Å². The SMILES string of the molecule is CCn1c(N/N=C\c2ccc(OC)cc2)nc2c1c(=O)[nH]c(=O)n2C. The number of aromatic nitrogens is 4. The minimum absolute atomic E-state index is 0.303. The van der Waals surface area contributed by atoms with Crippen LogP contribution in [0.3, 0.4) is 0 Å². The van der Waals surface area contributed by atoms with Crippen molar-refractivity contribution in [3.8, 4) is 5.75 Å². The molecule has 2 heterocycles. The molecule has 2 N–H and O–H groups in total. The van der Waals surface area contributed by atoms with E-state index in [-0.39, 0.29) is 0 Å². The molecule has 0 aliphatic carbocycles. The third-order valence-corrected chi connectivity index (χ3v) is 3.82. The number of nitrogens with zero attached hydrogens (tertiary/aromatic N) is 4. The number of hydrogen-bond acceptors (Lipinski definition) is 6. The Labute approximate surface area is 142 Å². The maximum absolute atomic E-state index is 12.1. The topological polar surface area (TPSA) is 106 Å². The van der Waals surface area contributed by atoms with Gasteiger partial charge in [0.15, 0.2) is 11.2 Å². The molecule has 0 spiro atoms. The minimum Gasteiger partial charge on any atom is -0.497 e. The number of aromatic amines is 1. The maximum atomic E-state index is 12.1. The number of imidazole rings is 1. The van der Waals surface area contributed by atoms with Gasteiger partial charge in [-0.15, -0.1) is 0 Å². The maximum Gasteiger partial charge on any atom is 0.329 e. The summed E-state index contributed by atoms with van der Waals surface area (Å²) >= 11 is 0. The van der Waals surface area contributed by atoms with Gasteiger partial charge >= 0.3 is 5.69 Å². The van der Waals surface area contributed by atoms with Crippen molar-refractivity contribution in [2.45, 2.75) is 13.5 Å². The van der Waals surface area contributed by atoms with Gasteiger partial charge in [0.1, 0.15) is 5.75 Å². The van der Waals surface area contributed by atoms with Gasteiger partial charge in [0.05, 0.1) is 13.3 Å². The predicted molar refractivity (Wildman–Crippen MR) is 95.5 cm³/mol. The standard InChI is InChI=1S/C16H18N6O3/c1-4-22-12-13(21(2)16(24)19-14(12)23)18-15(22)20-17-9-10-5-7-11(25-3)8-6-10/h5-9H,4H2,1-3H3,(H,18,20)(H,19,23,24)/b17-9-. The first-order chi connectivity index (χ1) is 12.0. The Balaban J connectivity index is 1.94. The number of hydrazone groups is 1. The van der Waals surface area contributed by atoms with Gasteiger partial charge < -0.3 is 9.30 Å². The molecule has 0 aliphatic rings. The van der Waals surface area contributed by atoms with Crippen molar-refractivity contribution in [1.82, 2.24) is 19.1 Å². The summed E-state index contributed by atoms with van der Waals surface area (Å²) < 4.78 is 8.06. The molecule has 3 rings (SSSR count). The van der Waals surface area contributed by atoms with Gasteiger partial charge in [-0.1, -0.05) is 0 Å². The highest BCUT2D eigenvalue weighted by atomic mass is 16.5. The molecule has 0 fully saturated rings. The van der Waals surface area contributed by atoms with Crippen LogP contribution >= 0.6 is 0 Å². The predicted octanol–water partition coefficient (Wildman–Crippen LogP) is 0.898. The molecule has 0 saturated carbocycles. The molecule has 130 valence electrons. The van der Waals surface area contributed by atoms with Gasteiger partial charge in [-0.05, 0) is 36.8 Å². The van der Waals surface area contributed by atoms with Crippen LogP contribution < -0.4 is 21.4 Å². The molecule has 0 unspecified atom stereocenters. The Bertz CT molecular complexity index is 1040. The van der Waals surface area contributed by atoms with Crippen LogP contribution in [0, 0.1) is 0 Å². The van der Waals surface area contributed by atoms with Crippen molar-refractivity contribution in [3.05, 3.63) is 50.7 Å². The molecule has 1 aromatic carbocycles. The van der Waals surface area contributed by atoms with E-state index in [2.05, 4.69) is 20.5 Å². The summed E-state index contributed by atoms with van der Waals surface area (Å²) in [4.78, 5) is 30.4. The van der Waals surface area contributed by atoms with Gasteiger partial charge in [0.25, 0.3) is 5.56 Å². The number of rotatable bonds is 5. The average Bonchev–Trinajstić information content (AvgIpc) is 2.99. The van der Waals surface area contributed by atoms with E-state index in [1.165, 1.54) is 4.57 Å². The second-order valence-electron chi connectivity index (χ2n) is 5.31. The number of aryl methyl sites for hydroxylation is 2. The van der Waals surface area contributed by atoms with E-state index in [0.717, 1.165) is 11.3 Å². The zero-order valence-corrected chi connectivity index (χ0v) is 14.1. The molecule has 25 heavy (non-hydrogen) atoms. The number of nitrogens with one attached hydrogen (secondary N) is 2. The highest BCUT2D eigenvalue weighted by molar-refractivity contribution is 5.80. The van der Waals surface area contributed by atoms with Gasteiger partial charge in [0.2, 0.25) is 5.95 Å². The highest BCUT2D eigenvalue weighted by Gasteiger charge is 2.15. The van der Waals surface area contributed by atoms with Crippen molar-refractivity contribution in [1.29, 1.82) is 0 Å². The zero-order valence-electron chi connectivity index (χ0n) is 14.1. The molecule has 0 radical (unpaired) electrons. The van der Waals surface area contributed by atoms with Crippen LogP contribution in [0.15, 0.2) is 39.0 Å². The number of ether oxygens (including phenoxy) is 1. The molecular formula is C16H18N6O3. The van der Waals surface area contributed by atoms with Crippen LogP contribution in [0.5, 0.6) is 5.75 Å². The molecule has 0 amide bonds. The van der Waals surface area contributed by atoms with Crippen molar-refractivity contribution >= 4 is 23.3 Å². The van der Waals surface area contributed by atoms with Crippen LogP contribution in [0.25, 0.3) is 11.2 Å². The Morgan fingerprint density at radius 3 is 2.68 bits per heavy atom.